The number of para-hydroxylation sites is 1. The van der Waals surface area contributed by atoms with Gasteiger partial charge in [0.25, 0.3) is 11.1 Å². The maximum atomic E-state index is 12.8. The van der Waals surface area contributed by atoms with Gasteiger partial charge in [-0.05, 0) is 59.8 Å². The molecule has 1 fully saturated rings. The number of nitrogens with zero attached hydrogens (tertiary/aromatic N) is 1. The summed E-state index contributed by atoms with van der Waals surface area (Å²) in [7, 11) is 1.53. The Morgan fingerprint density at radius 3 is 2.42 bits per heavy atom. The number of methoxy groups -OCH3 is 1. The molecule has 1 saturated heterocycles. The van der Waals surface area contributed by atoms with Crippen LogP contribution < -0.4 is 10.2 Å². The molecule has 8 heteroatoms. The molecule has 1 aliphatic rings. The number of carbonyl (C=O) groups excluding carboxylic acids is 3. The van der Waals surface area contributed by atoms with Crippen molar-refractivity contribution >= 4 is 45.7 Å². The van der Waals surface area contributed by atoms with Gasteiger partial charge in [0.1, 0.15) is 17.1 Å². The van der Waals surface area contributed by atoms with Gasteiger partial charge in [-0.1, -0.05) is 36.4 Å². The van der Waals surface area contributed by atoms with Crippen molar-refractivity contribution in [2.75, 3.05) is 13.7 Å². The van der Waals surface area contributed by atoms with Crippen LogP contribution >= 0.6 is 11.8 Å². The molecule has 0 unspecified atom stereocenters. The molecule has 0 saturated carbocycles. The molecule has 0 spiro atoms. The van der Waals surface area contributed by atoms with Crippen molar-refractivity contribution in [1.29, 1.82) is 0 Å². The number of benzene rings is 3. The van der Waals surface area contributed by atoms with Crippen LogP contribution in [-0.4, -0.2) is 35.5 Å². The van der Waals surface area contributed by atoms with Gasteiger partial charge in [0.05, 0.1) is 23.9 Å². The van der Waals surface area contributed by atoms with E-state index >= 15 is 0 Å². The summed E-state index contributed by atoms with van der Waals surface area (Å²) < 4.78 is 11.0. The fourth-order valence-corrected chi connectivity index (χ4v) is 4.63. The van der Waals surface area contributed by atoms with Gasteiger partial charge in [-0.2, -0.15) is 0 Å². The van der Waals surface area contributed by atoms with Crippen molar-refractivity contribution in [2.45, 2.75) is 0 Å². The Kier molecular flexibility index (Phi) is 6.26. The molecule has 7 nitrogen and oxygen atoms in total. The van der Waals surface area contributed by atoms with E-state index in [2.05, 4.69) is 0 Å². The molecule has 3 aromatic carbocycles. The highest BCUT2D eigenvalue weighted by Crippen LogP contribution is 2.33. The Morgan fingerprint density at radius 1 is 0.972 bits per heavy atom. The molecule has 0 radical (unpaired) electrons. The predicted octanol–water partition coefficient (Wildman–Crippen LogP) is 5.39. The van der Waals surface area contributed by atoms with Crippen LogP contribution in [0.4, 0.5) is 4.79 Å². The van der Waals surface area contributed by atoms with Crippen LogP contribution in [0.15, 0.2) is 93.0 Å². The van der Waals surface area contributed by atoms with Crippen molar-refractivity contribution in [3.8, 4) is 17.1 Å². The van der Waals surface area contributed by atoms with Crippen molar-refractivity contribution in [3.05, 3.63) is 105 Å². The number of hydrogen-bond donors (Lipinski definition) is 0. The molecule has 5 rings (SSSR count). The van der Waals surface area contributed by atoms with E-state index in [9.17, 15) is 19.2 Å². The zero-order chi connectivity index (χ0) is 25.2. The molecule has 1 aliphatic heterocycles. The maximum absolute atomic E-state index is 12.8. The number of ketones is 1. The van der Waals surface area contributed by atoms with Gasteiger partial charge < -0.3 is 9.15 Å². The van der Waals surface area contributed by atoms with Crippen molar-refractivity contribution in [3.63, 3.8) is 0 Å². The fraction of sp³-hybridized carbons (Fsp3) is 0.0714. The summed E-state index contributed by atoms with van der Waals surface area (Å²) in [6, 6.07) is 22.0. The Morgan fingerprint density at radius 2 is 1.69 bits per heavy atom. The molecule has 0 aliphatic carbocycles. The van der Waals surface area contributed by atoms with Crippen LogP contribution in [0.5, 0.6) is 5.75 Å². The Balaban J connectivity index is 1.32. The first kappa shape index (κ1) is 23.3. The van der Waals surface area contributed by atoms with Crippen molar-refractivity contribution in [2.24, 2.45) is 0 Å². The van der Waals surface area contributed by atoms with Gasteiger partial charge in [0.15, 0.2) is 11.2 Å². The number of amides is 2. The maximum Gasteiger partial charge on any atom is 0.293 e. The minimum Gasteiger partial charge on any atom is -0.497 e. The number of imide groups is 1. The summed E-state index contributed by atoms with van der Waals surface area (Å²) in [6.07, 6.45) is 1.60. The average Bonchev–Trinajstić information content (AvgIpc) is 3.16. The second-order valence-electron chi connectivity index (χ2n) is 8.01. The lowest BCUT2D eigenvalue weighted by atomic mass is 10.1. The zero-order valence-electron chi connectivity index (χ0n) is 19.1. The lowest BCUT2D eigenvalue weighted by Crippen LogP contribution is -2.33. The Labute approximate surface area is 210 Å². The average molecular weight is 498 g/mol. The highest BCUT2D eigenvalue weighted by molar-refractivity contribution is 8.18. The number of ether oxygens (including phenoxy) is 1. The van der Waals surface area contributed by atoms with E-state index in [0.717, 1.165) is 16.7 Å². The smallest absolute Gasteiger partial charge is 0.293 e. The first-order valence-corrected chi connectivity index (χ1v) is 11.8. The highest BCUT2D eigenvalue weighted by Gasteiger charge is 2.36. The Bertz CT molecular complexity index is 1590. The highest BCUT2D eigenvalue weighted by atomic mass is 32.2. The summed E-state index contributed by atoms with van der Waals surface area (Å²) in [4.78, 5) is 51.4. The van der Waals surface area contributed by atoms with E-state index in [4.69, 9.17) is 9.15 Å². The van der Waals surface area contributed by atoms with E-state index in [1.165, 1.54) is 13.2 Å². The van der Waals surface area contributed by atoms with Gasteiger partial charge in [-0.25, -0.2) is 0 Å². The van der Waals surface area contributed by atoms with Crippen LogP contribution in [0.25, 0.3) is 28.4 Å². The second kappa shape index (κ2) is 9.67. The second-order valence-corrected chi connectivity index (χ2v) is 9.01. The minimum atomic E-state index is -0.517. The normalized spacial score (nSPS) is 14.6. The molecule has 0 N–H and O–H groups in total. The number of rotatable bonds is 6. The molecular formula is C28H19NO6S. The molecular weight excluding hydrogens is 478 g/mol. The molecule has 36 heavy (non-hydrogen) atoms. The van der Waals surface area contributed by atoms with Gasteiger partial charge in [-0.3, -0.25) is 24.1 Å². The molecule has 2 heterocycles. The lowest BCUT2D eigenvalue weighted by molar-refractivity contribution is -0.122. The predicted molar refractivity (Wildman–Crippen MR) is 138 cm³/mol. The molecule has 0 atom stereocenters. The quantitative estimate of drug-likeness (QED) is 0.260. The minimum absolute atomic E-state index is 0.131. The first-order valence-electron chi connectivity index (χ1n) is 11.0. The van der Waals surface area contributed by atoms with Crippen molar-refractivity contribution < 1.29 is 23.5 Å². The monoisotopic (exact) mass is 497 g/mol. The summed E-state index contributed by atoms with van der Waals surface area (Å²) >= 11 is 0.790. The van der Waals surface area contributed by atoms with E-state index in [0.29, 0.717) is 39.2 Å². The largest absolute Gasteiger partial charge is 0.497 e. The summed E-state index contributed by atoms with van der Waals surface area (Å²) in [5.74, 6) is 0.177. The lowest BCUT2D eigenvalue weighted by Gasteiger charge is -2.11. The van der Waals surface area contributed by atoms with E-state index in [-0.39, 0.29) is 22.7 Å². The van der Waals surface area contributed by atoms with Crippen LogP contribution in [-0.2, 0) is 4.79 Å². The number of Topliss-reactive ketones (excluding diaryl/α,β-unsaturated/α-hetero) is 1. The summed E-state index contributed by atoms with van der Waals surface area (Å²) in [5, 5.41) is 0.0155. The van der Waals surface area contributed by atoms with Gasteiger partial charge >= 0.3 is 0 Å². The molecule has 2 amide bonds. The molecule has 0 bridgehead atoms. The van der Waals surface area contributed by atoms with Gasteiger partial charge in [-0.15, -0.1) is 0 Å². The van der Waals surface area contributed by atoms with Crippen molar-refractivity contribution in [1.82, 2.24) is 4.90 Å². The van der Waals surface area contributed by atoms with Crippen LogP contribution in [0.3, 0.4) is 0 Å². The first-order chi connectivity index (χ1) is 17.4. The molecule has 178 valence electrons. The Hall–Kier alpha value is -4.43. The van der Waals surface area contributed by atoms with E-state index in [1.54, 1.807) is 78.9 Å². The van der Waals surface area contributed by atoms with Crippen LogP contribution in [0.2, 0.25) is 0 Å². The van der Waals surface area contributed by atoms with E-state index < -0.39 is 11.1 Å². The fourth-order valence-electron chi connectivity index (χ4n) is 3.79. The zero-order valence-corrected chi connectivity index (χ0v) is 19.9. The molecule has 4 aromatic rings. The van der Waals surface area contributed by atoms with Crippen LogP contribution in [0.1, 0.15) is 15.9 Å². The number of hydrogen-bond acceptors (Lipinski definition) is 7. The summed E-state index contributed by atoms with van der Waals surface area (Å²) in [6.45, 7) is -0.339. The SMILES string of the molecule is COc1ccc(C(=O)CN2C(=O)S/C(=C/c3ccc(-c4cc(=O)c5ccccc5o4)cc3)C2=O)cc1. The molecule has 1 aromatic heterocycles. The third-order valence-corrected chi connectivity index (χ3v) is 6.62. The summed E-state index contributed by atoms with van der Waals surface area (Å²) in [5.41, 5.74) is 2.15. The third kappa shape index (κ3) is 4.58. The third-order valence-electron chi connectivity index (χ3n) is 5.71. The standard InChI is InChI=1S/C28H19NO6S/c1-34-20-12-10-18(11-13-20)23(31)16-29-27(32)26(36-28(29)33)14-17-6-8-19(9-7-17)25-15-22(30)21-4-2-3-5-24(21)35-25/h2-15H,16H2,1H3/b26-14+. The van der Waals surface area contributed by atoms with Crippen LogP contribution in [0, 0.1) is 0 Å². The number of carbonyl (C=O) groups is 3. The number of thioether (sulfide) groups is 1. The number of fused-ring (bicyclic) bond motifs is 1. The van der Waals surface area contributed by atoms with E-state index in [1.807, 2.05) is 0 Å². The topological polar surface area (TPSA) is 93.9 Å². The van der Waals surface area contributed by atoms with Gasteiger partial charge in [0.2, 0.25) is 0 Å². The van der Waals surface area contributed by atoms with Gasteiger partial charge in [0, 0.05) is 17.2 Å².